The fourth-order valence-corrected chi connectivity index (χ4v) is 4.65. The van der Waals surface area contributed by atoms with Crippen LogP contribution in [0.3, 0.4) is 0 Å². The third kappa shape index (κ3) is 4.14. The van der Waals surface area contributed by atoms with E-state index >= 15 is 0 Å². The number of halogens is 1. The summed E-state index contributed by atoms with van der Waals surface area (Å²) in [5, 5.41) is 0. The van der Waals surface area contributed by atoms with Crippen molar-refractivity contribution in [2.75, 3.05) is 31.1 Å². The number of hydrogen-bond donors (Lipinski definition) is 2. The standard InChI is InChI=1S/C26H26FN5O3/c1-16-7-8-17(2)21(13-16)30-9-11-31(12-10-30)22(33)15-32-25(34)24-23(29-26(32)35)19(14-28-24)18-5-3-4-6-20(18)27/h3-8,13-14,28H,9-12,15H2,1-2H3,(H,29,35). The smallest absolute Gasteiger partial charge is 0.329 e. The van der Waals surface area contributed by atoms with Crippen LogP contribution in [0, 0.1) is 19.7 Å². The Labute approximate surface area is 200 Å². The lowest BCUT2D eigenvalue weighted by atomic mass is 10.1. The number of fused-ring (bicyclic) bond motifs is 1. The molecule has 3 heterocycles. The number of carbonyl (C=O) groups is 1. The first kappa shape index (κ1) is 22.6. The lowest BCUT2D eigenvalue weighted by Crippen LogP contribution is -2.51. The zero-order chi connectivity index (χ0) is 24.7. The van der Waals surface area contributed by atoms with Crippen LogP contribution in [-0.4, -0.2) is 51.5 Å². The Balaban J connectivity index is 1.35. The first-order valence-corrected chi connectivity index (χ1v) is 11.5. The molecule has 0 atom stereocenters. The molecular weight excluding hydrogens is 449 g/mol. The molecule has 0 saturated carbocycles. The second-order valence-electron chi connectivity index (χ2n) is 8.91. The van der Waals surface area contributed by atoms with E-state index in [4.69, 9.17) is 0 Å². The molecule has 0 radical (unpaired) electrons. The van der Waals surface area contributed by atoms with E-state index < -0.39 is 17.1 Å². The highest BCUT2D eigenvalue weighted by Gasteiger charge is 2.24. The molecule has 1 fully saturated rings. The van der Waals surface area contributed by atoms with E-state index in [1.54, 1.807) is 23.1 Å². The number of nitrogens with zero attached hydrogens (tertiary/aromatic N) is 3. The Kier molecular flexibility index (Phi) is 5.76. The van der Waals surface area contributed by atoms with Gasteiger partial charge in [-0.3, -0.25) is 9.59 Å². The number of nitrogens with one attached hydrogen (secondary N) is 2. The van der Waals surface area contributed by atoms with Gasteiger partial charge in [-0.05, 0) is 37.1 Å². The van der Waals surface area contributed by atoms with Gasteiger partial charge in [-0.2, -0.15) is 0 Å². The fraction of sp³-hybridized carbons (Fsp3) is 0.269. The van der Waals surface area contributed by atoms with Gasteiger partial charge in [0.2, 0.25) is 5.91 Å². The molecule has 5 rings (SSSR count). The van der Waals surface area contributed by atoms with Crippen molar-refractivity contribution in [3.05, 3.63) is 86.4 Å². The van der Waals surface area contributed by atoms with Crippen LogP contribution in [0.5, 0.6) is 0 Å². The molecule has 2 aromatic heterocycles. The van der Waals surface area contributed by atoms with Crippen molar-refractivity contribution in [2.45, 2.75) is 20.4 Å². The predicted molar refractivity (Wildman–Crippen MR) is 133 cm³/mol. The van der Waals surface area contributed by atoms with Gasteiger partial charge in [-0.15, -0.1) is 0 Å². The summed E-state index contributed by atoms with van der Waals surface area (Å²) in [6.45, 7) is 6.10. The number of amides is 1. The van der Waals surface area contributed by atoms with Gasteiger partial charge >= 0.3 is 5.69 Å². The molecule has 8 nitrogen and oxygen atoms in total. The van der Waals surface area contributed by atoms with Crippen LogP contribution in [-0.2, 0) is 11.3 Å². The van der Waals surface area contributed by atoms with E-state index in [1.807, 2.05) is 0 Å². The Morgan fingerprint density at radius 1 is 0.971 bits per heavy atom. The van der Waals surface area contributed by atoms with Crippen LogP contribution in [0.25, 0.3) is 22.2 Å². The maximum Gasteiger partial charge on any atom is 0.329 e. The van der Waals surface area contributed by atoms with Crippen molar-refractivity contribution in [1.82, 2.24) is 19.4 Å². The monoisotopic (exact) mass is 475 g/mol. The van der Waals surface area contributed by atoms with Crippen molar-refractivity contribution in [1.29, 1.82) is 0 Å². The van der Waals surface area contributed by atoms with Gasteiger partial charge in [-0.1, -0.05) is 30.3 Å². The molecule has 0 aliphatic carbocycles. The maximum atomic E-state index is 14.3. The number of rotatable bonds is 4. The highest BCUT2D eigenvalue weighted by atomic mass is 19.1. The Hall–Kier alpha value is -4.14. The van der Waals surface area contributed by atoms with Gasteiger partial charge in [0.1, 0.15) is 17.9 Å². The van der Waals surface area contributed by atoms with E-state index in [-0.39, 0.29) is 29.0 Å². The second kappa shape index (κ2) is 8.90. The first-order valence-electron chi connectivity index (χ1n) is 11.5. The average Bonchev–Trinajstić information content (AvgIpc) is 3.27. The van der Waals surface area contributed by atoms with Crippen LogP contribution in [0.15, 0.2) is 58.3 Å². The third-order valence-corrected chi connectivity index (χ3v) is 6.61. The zero-order valence-electron chi connectivity index (χ0n) is 19.6. The molecule has 1 saturated heterocycles. The van der Waals surface area contributed by atoms with E-state index in [1.165, 1.54) is 23.4 Å². The van der Waals surface area contributed by atoms with Gasteiger partial charge < -0.3 is 19.8 Å². The minimum Gasteiger partial charge on any atom is -0.368 e. The number of aromatic nitrogens is 3. The number of carbonyl (C=O) groups excluding carboxylic acids is 1. The number of aromatic amines is 2. The van der Waals surface area contributed by atoms with Crippen molar-refractivity contribution in [3.63, 3.8) is 0 Å². The van der Waals surface area contributed by atoms with Gasteiger partial charge in [-0.25, -0.2) is 13.8 Å². The van der Waals surface area contributed by atoms with Crippen molar-refractivity contribution in [2.24, 2.45) is 0 Å². The quantitative estimate of drug-likeness (QED) is 0.475. The lowest BCUT2D eigenvalue weighted by Gasteiger charge is -2.37. The summed E-state index contributed by atoms with van der Waals surface area (Å²) in [7, 11) is 0. The predicted octanol–water partition coefficient (Wildman–Crippen LogP) is 2.79. The molecule has 180 valence electrons. The summed E-state index contributed by atoms with van der Waals surface area (Å²) < 4.78 is 15.2. The number of anilines is 1. The summed E-state index contributed by atoms with van der Waals surface area (Å²) in [5.41, 5.74) is 3.19. The number of piperazine rings is 1. The number of H-pyrrole nitrogens is 2. The Morgan fingerprint density at radius 2 is 1.71 bits per heavy atom. The Bertz CT molecular complexity index is 1540. The second-order valence-corrected chi connectivity index (χ2v) is 8.91. The molecule has 2 N–H and O–H groups in total. The summed E-state index contributed by atoms with van der Waals surface area (Å²) >= 11 is 0. The van der Waals surface area contributed by atoms with Crippen LogP contribution >= 0.6 is 0 Å². The number of aryl methyl sites for hydroxylation is 2. The van der Waals surface area contributed by atoms with E-state index in [0.717, 1.165) is 10.3 Å². The summed E-state index contributed by atoms with van der Waals surface area (Å²) in [4.78, 5) is 48.2. The van der Waals surface area contributed by atoms with Crippen molar-refractivity contribution >= 4 is 22.6 Å². The van der Waals surface area contributed by atoms with Gasteiger partial charge in [0.15, 0.2) is 0 Å². The average molecular weight is 476 g/mol. The molecule has 1 amide bonds. The highest BCUT2D eigenvalue weighted by molar-refractivity contribution is 5.92. The third-order valence-electron chi connectivity index (χ3n) is 6.61. The first-order chi connectivity index (χ1) is 16.8. The van der Waals surface area contributed by atoms with Crippen molar-refractivity contribution in [3.8, 4) is 11.1 Å². The molecular formula is C26H26FN5O3. The van der Waals surface area contributed by atoms with E-state index in [2.05, 4.69) is 46.9 Å². The SMILES string of the molecule is Cc1ccc(C)c(N2CCN(C(=O)Cn3c(=O)[nH]c4c(-c5ccccc5F)c[nH]c4c3=O)CC2)c1. The molecule has 35 heavy (non-hydrogen) atoms. The molecule has 9 heteroatoms. The van der Waals surface area contributed by atoms with Crippen LogP contribution in [0.4, 0.5) is 10.1 Å². The van der Waals surface area contributed by atoms with E-state index in [0.29, 0.717) is 31.7 Å². The van der Waals surface area contributed by atoms with Crippen molar-refractivity contribution < 1.29 is 9.18 Å². The topological polar surface area (TPSA) is 94.2 Å². The normalized spacial score (nSPS) is 14.0. The highest BCUT2D eigenvalue weighted by Crippen LogP contribution is 2.27. The van der Waals surface area contributed by atoms with Gasteiger partial charge in [0, 0.05) is 49.2 Å². The number of hydrogen-bond acceptors (Lipinski definition) is 4. The van der Waals surface area contributed by atoms with Gasteiger partial charge in [0.05, 0.1) is 5.52 Å². The molecule has 0 spiro atoms. The molecule has 4 aromatic rings. The molecule has 0 unspecified atom stereocenters. The summed E-state index contributed by atoms with van der Waals surface area (Å²) in [5.74, 6) is -0.757. The summed E-state index contributed by atoms with van der Waals surface area (Å²) in [6, 6.07) is 12.4. The van der Waals surface area contributed by atoms with Crippen LogP contribution < -0.4 is 16.1 Å². The van der Waals surface area contributed by atoms with Crippen LogP contribution in [0.1, 0.15) is 11.1 Å². The molecule has 1 aliphatic rings. The van der Waals surface area contributed by atoms with Gasteiger partial charge in [0.25, 0.3) is 5.56 Å². The fourth-order valence-electron chi connectivity index (χ4n) is 4.65. The minimum atomic E-state index is -0.706. The minimum absolute atomic E-state index is 0.121. The van der Waals surface area contributed by atoms with E-state index in [9.17, 15) is 18.8 Å². The number of benzene rings is 2. The maximum absolute atomic E-state index is 14.3. The lowest BCUT2D eigenvalue weighted by molar-refractivity contribution is -0.132. The molecule has 0 bridgehead atoms. The zero-order valence-corrected chi connectivity index (χ0v) is 19.6. The van der Waals surface area contributed by atoms with Crippen LogP contribution in [0.2, 0.25) is 0 Å². The largest absolute Gasteiger partial charge is 0.368 e. The molecule has 2 aromatic carbocycles. The molecule has 1 aliphatic heterocycles. The summed E-state index contributed by atoms with van der Waals surface area (Å²) in [6.07, 6.45) is 1.49. The Morgan fingerprint density at radius 3 is 2.46 bits per heavy atom.